The predicted octanol–water partition coefficient (Wildman–Crippen LogP) is 2.27. The van der Waals surface area contributed by atoms with Gasteiger partial charge in [-0.15, -0.1) is 0 Å². The molecule has 152 valence electrons. The number of benzene rings is 2. The van der Waals surface area contributed by atoms with Crippen molar-refractivity contribution in [1.82, 2.24) is 0 Å². The number of halogens is 2. The Morgan fingerprint density at radius 1 is 0.741 bits per heavy atom. The Kier molecular flexibility index (Phi) is 11.8. The summed E-state index contributed by atoms with van der Waals surface area (Å²) in [6.07, 6.45) is 0. The molecule has 2 aromatic rings. The Bertz CT molecular complexity index is 826. The topological polar surface area (TPSA) is 98.7 Å². The van der Waals surface area contributed by atoms with Gasteiger partial charge in [0.2, 0.25) is 0 Å². The second-order valence-corrected chi connectivity index (χ2v) is 9.15. The second kappa shape index (κ2) is 12.0. The quantitative estimate of drug-likeness (QED) is 0.557. The third-order valence-corrected chi connectivity index (χ3v) is 3.96. The molecule has 0 aliphatic heterocycles. The Morgan fingerprint density at radius 3 is 1.22 bits per heavy atom. The van der Waals surface area contributed by atoms with E-state index in [0.717, 1.165) is 0 Å². The second-order valence-electron chi connectivity index (χ2n) is 4.59. The van der Waals surface area contributed by atoms with Crippen molar-refractivity contribution in [2.75, 3.05) is 0 Å². The van der Waals surface area contributed by atoms with E-state index in [1.807, 2.05) is 0 Å². The third kappa shape index (κ3) is 14.1. The Balaban J connectivity index is 0.000000483. The Labute approximate surface area is 175 Å². The summed E-state index contributed by atoms with van der Waals surface area (Å²) in [6, 6.07) is 10.6. The summed E-state index contributed by atoms with van der Waals surface area (Å²) >= 11 is 7.97. The Hall–Kier alpha value is -0.626. The van der Waals surface area contributed by atoms with Crippen LogP contribution in [0.5, 0.6) is 0 Å². The van der Waals surface area contributed by atoms with Crippen molar-refractivity contribution in [2.45, 2.75) is 13.2 Å². The van der Waals surface area contributed by atoms with E-state index in [-0.39, 0.29) is 41.3 Å². The summed E-state index contributed by atoms with van der Waals surface area (Å²) in [4.78, 5) is 0. The molecule has 0 N–H and O–H groups in total. The van der Waals surface area contributed by atoms with Crippen molar-refractivity contribution in [3.05, 3.63) is 71.3 Å². The average Bonchev–Trinajstić information content (AvgIpc) is 2.53. The van der Waals surface area contributed by atoms with Gasteiger partial charge in [-0.2, -0.15) is 0 Å². The summed E-state index contributed by atoms with van der Waals surface area (Å²) < 4.78 is 75.0. The van der Waals surface area contributed by atoms with Crippen LogP contribution >= 0.6 is 0 Å². The molecule has 6 nitrogen and oxygen atoms in total. The van der Waals surface area contributed by atoms with Crippen LogP contribution in [0.4, 0.5) is 8.78 Å². The SMILES string of the molecule is O=S([O-])(=S)OCc1ccc(F)cc1.O=S([O-])(=S)OCc1ccc(F)cc1.[Ni+2]. The first kappa shape index (κ1) is 26.4. The average molecular weight is 501 g/mol. The zero-order valence-corrected chi connectivity index (χ0v) is 17.4. The van der Waals surface area contributed by atoms with Crippen molar-refractivity contribution in [2.24, 2.45) is 0 Å². The Morgan fingerprint density at radius 2 is 1.00 bits per heavy atom. The molecule has 0 spiro atoms. The molecule has 0 bridgehead atoms. The van der Waals surface area contributed by atoms with Gasteiger partial charge in [0.1, 0.15) is 11.6 Å². The summed E-state index contributed by atoms with van der Waals surface area (Å²) in [5.41, 5.74) is 1.10. The fourth-order valence-electron chi connectivity index (χ4n) is 1.44. The molecular formula is C14H12F2NiO6S4. The van der Waals surface area contributed by atoms with Crippen LogP contribution < -0.4 is 0 Å². The molecule has 0 fully saturated rings. The van der Waals surface area contributed by atoms with Gasteiger partial charge in [-0.1, -0.05) is 24.3 Å². The van der Waals surface area contributed by atoms with Gasteiger partial charge in [-0.25, -0.2) is 17.2 Å². The predicted molar refractivity (Wildman–Crippen MR) is 94.9 cm³/mol. The largest absolute Gasteiger partial charge is 2.00 e. The summed E-state index contributed by atoms with van der Waals surface area (Å²) in [6.45, 7) is -0.321. The van der Waals surface area contributed by atoms with Gasteiger partial charge in [-0.3, -0.25) is 8.37 Å². The standard InChI is InChI=1S/2C7H7FO3S2.Ni/c2*8-7-3-1-6(2-4-7)5-11-13(9,10)12;/h2*1-4H,5H2,(H,9,10,12);/q;;+2/p-2. The molecule has 13 heteroatoms. The fraction of sp³-hybridized carbons (Fsp3) is 0.143. The minimum Gasteiger partial charge on any atom is -0.748 e. The van der Waals surface area contributed by atoms with Gasteiger partial charge in [0.05, 0.1) is 31.3 Å². The van der Waals surface area contributed by atoms with Gasteiger partial charge in [0.25, 0.3) is 0 Å². The molecular weight excluding hydrogens is 489 g/mol. The molecule has 2 unspecified atom stereocenters. The van der Waals surface area contributed by atoms with E-state index in [4.69, 9.17) is 0 Å². The maximum Gasteiger partial charge on any atom is 2.00 e. The molecule has 0 amide bonds. The van der Waals surface area contributed by atoms with Crippen LogP contribution in [0, 0.1) is 11.6 Å². The summed E-state index contributed by atoms with van der Waals surface area (Å²) in [5.74, 6) is -0.769. The van der Waals surface area contributed by atoms with Gasteiger partial charge in [0, 0.05) is 0 Å². The zero-order chi connectivity index (χ0) is 19.8. The van der Waals surface area contributed by atoms with Gasteiger partial charge >= 0.3 is 16.5 Å². The van der Waals surface area contributed by atoms with E-state index in [9.17, 15) is 26.3 Å². The smallest absolute Gasteiger partial charge is 0.748 e. The van der Waals surface area contributed by atoms with Crippen molar-refractivity contribution in [1.29, 1.82) is 0 Å². The van der Waals surface area contributed by atoms with Crippen molar-refractivity contribution >= 4 is 40.5 Å². The molecule has 0 saturated carbocycles. The first-order valence-corrected chi connectivity index (χ1v) is 11.3. The molecule has 0 radical (unpaired) electrons. The maximum atomic E-state index is 12.4. The van der Waals surface area contributed by atoms with Crippen LogP contribution in [-0.2, 0) is 78.6 Å². The van der Waals surface area contributed by atoms with Crippen LogP contribution in [0.25, 0.3) is 0 Å². The van der Waals surface area contributed by atoms with Crippen molar-refractivity contribution in [3.8, 4) is 0 Å². The van der Waals surface area contributed by atoms with E-state index in [1.54, 1.807) is 0 Å². The summed E-state index contributed by atoms with van der Waals surface area (Å²) in [5, 5.41) is 0. The first-order chi connectivity index (χ1) is 11.9. The summed E-state index contributed by atoms with van der Waals surface area (Å²) in [7, 11) is -7.69. The third-order valence-electron chi connectivity index (χ3n) is 2.57. The fourth-order valence-corrected chi connectivity index (χ4v) is 2.29. The van der Waals surface area contributed by atoms with Gasteiger partial charge in [0.15, 0.2) is 0 Å². The molecule has 0 aliphatic rings. The van der Waals surface area contributed by atoms with E-state index in [2.05, 4.69) is 30.7 Å². The molecule has 2 aromatic carbocycles. The van der Waals surface area contributed by atoms with Crippen LogP contribution in [0.3, 0.4) is 0 Å². The number of hydrogen-bond donors (Lipinski definition) is 0. The van der Waals surface area contributed by atoms with Crippen LogP contribution in [0.1, 0.15) is 11.1 Å². The van der Waals surface area contributed by atoms with Crippen LogP contribution in [-0.4, -0.2) is 17.5 Å². The zero-order valence-electron chi connectivity index (χ0n) is 13.2. The van der Waals surface area contributed by atoms with Gasteiger partial charge < -0.3 is 9.11 Å². The number of hydrogen-bond acceptors (Lipinski definition) is 8. The molecule has 2 atom stereocenters. The number of rotatable bonds is 6. The minimum absolute atomic E-state index is 0. The molecule has 0 aromatic heterocycles. The van der Waals surface area contributed by atoms with Crippen molar-refractivity contribution in [3.63, 3.8) is 0 Å². The van der Waals surface area contributed by atoms with Crippen molar-refractivity contribution < 1.29 is 51.2 Å². The van der Waals surface area contributed by atoms with Crippen LogP contribution in [0.15, 0.2) is 48.5 Å². The molecule has 0 heterocycles. The maximum absolute atomic E-state index is 12.4. The first-order valence-electron chi connectivity index (χ1n) is 6.64. The van der Waals surface area contributed by atoms with Gasteiger partial charge in [-0.05, 0) is 57.8 Å². The van der Waals surface area contributed by atoms with E-state index < -0.39 is 18.1 Å². The molecule has 0 aliphatic carbocycles. The van der Waals surface area contributed by atoms with E-state index in [1.165, 1.54) is 48.5 Å². The molecule has 2 rings (SSSR count). The van der Waals surface area contributed by atoms with E-state index >= 15 is 0 Å². The molecule has 0 saturated heterocycles. The monoisotopic (exact) mass is 500 g/mol. The molecule has 27 heavy (non-hydrogen) atoms. The normalized spacial score (nSPS) is 14.7. The van der Waals surface area contributed by atoms with Crippen LogP contribution in [0.2, 0.25) is 0 Å². The van der Waals surface area contributed by atoms with E-state index in [0.29, 0.717) is 11.1 Å². The minimum atomic E-state index is -3.84.